The smallest absolute Gasteiger partial charge is 0.357 e. The molecule has 0 aliphatic carbocycles. The van der Waals surface area contributed by atoms with Crippen molar-refractivity contribution < 1.29 is 12.7 Å². The molecule has 2 aromatic carbocycles. The van der Waals surface area contributed by atoms with E-state index in [2.05, 4.69) is 0 Å². The molecular weight excluding hydrogens is 388 g/mol. The van der Waals surface area contributed by atoms with Crippen LogP contribution in [-0.4, -0.2) is 27.2 Å². The molecule has 0 fully saturated rings. The number of rotatable bonds is 6. The van der Waals surface area contributed by atoms with Crippen LogP contribution in [0.3, 0.4) is 0 Å². The molecule has 7 heteroatoms. The molecule has 0 radical (unpaired) electrons. The molecule has 29 heavy (non-hydrogen) atoms. The monoisotopic (exact) mass is 410 g/mol. The summed E-state index contributed by atoms with van der Waals surface area (Å²) in [5.41, 5.74) is 2.43. The fourth-order valence-electron chi connectivity index (χ4n) is 2.70. The van der Waals surface area contributed by atoms with Gasteiger partial charge < -0.3 is 4.90 Å². The van der Waals surface area contributed by atoms with Gasteiger partial charge in [-0.3, -0.25) is 9.08 Å². The van der Waals surface area contributed by atoms with E-state index in [1.54, 1.807) is 43.3 Å². The van der Waals surface area contributed by atoms with E-state index in [4.69, 9.17) is 4.28 Å². The standard InChI is InChI=1S/C22H22N2O4S/c1-17-15-20(14-11-18-9-12-19(13-10-18)23(2)3)24(22(25)16-17)28-29(26,27)21-7-5-4-6-8-21/h4-16H,1-3H3/b14-11+. The van der Waals surface area contributed by atoms with Crippen LogP contribution >= 0.6 is 0 Å². The minimum Gasteiger partial charge on any atom is -0.378 e. The molecule has 3 aromatic rings. The summed E-state index contributed by atoms with van der Waals surface area (Å²) >= 11 is 0. The fourth-order valence-corrected chi connectivity index (χ4v) is 3.64. The Balaban J connectivity index is 1.96. The van der Waals surface area contributed by atoms with Gasteiger partial charge in [-0.15, -0.1) is 4.73 Å². The highest BCUT2D eigenvalue weighted by Crippen LogP contribution is 2.15. The molecule has 0 amide bonds. The summed E-state index contributed by atoms with van der Waals surface area (Å²) in [6.07, 6.45) is 3.45. The summed E-state index contributed by atoms with van der Waals surface area (Å²) < 4.78 is 31.1. The molecule has 0 spiro atoms. The van der Waals surface area contributed by atoms with Crippen LogP contribution in [0.1, 0.15) is 16.8 Å². The molecule has 1 aromatic heterocycles. The first kappa shape index (κ1) is 20.4. The Kier molecular flexibility index (Phi) is 5.89. The third kappa shape index (κ3) is 4.94. The van der Waals surface area contributed by atoms with Gasteiger partial charge in [-0.2, -0.15) is 8.42 Å². The molecule has 0 saturated carbocycles. The maximum absolute atomic E-state index is 12.6. The average Bonchev–Trinajstić information content (AvgIpc) is 2.69. The van der Waals surface area contributed by atoms with Crippen molar-refractivity contribution in [3.63, 3.8) is 0 Å². The first-order valence-electron chi connectivity index (χ1n) is 8.95. The lowest BCUT2D eigenvalue weighted by Gasteiger charge is -2.12. The zero-order chi connectivity index (χ0) is 21.0. The van der Waals surface area contributed by atoms with Crippen LogP contribution in [-0.2, 0) is 10.1 Å². The SMILES string of the molecule is Cc1cc(/C=C/c2ccc(N(C)C)cc2)n(OS(=O)(=O)c2ccccc2)c(=O)c1. The lowest BCUT2D eigenvalue weighted by Crippen LogP contribution is -2.32. The van der Waals surface area contributed by atoms with Gasteiger partial charge in [0.1, 0.15) is 4.90 Å². The van der Waals surface area contributed by atoms with E-state index in [1.165, 1.54) is 18.2 Å². The zero-order valence-corrected chi connectivity index (χ0v) is 17.3. The Morgan fingerprint density at radius 2 is 1.59 bits per heavy atom. The van der Waals surface area contributed by atoms with Gasteiger partial charge in [0.2, 0.25) is 0 Å². The van der Waals surface area contributed by atoms with Crippen LogP contribution in [0, 0.1) is 6.92 Å². The third-order valence-electron chi connectivity index (χ3n) is 4.22. The van der Waals surface area contributed by atoms with Crippen molar-refractivity contribution in [2.75, 3.05) is 19.0 Å². The number of anilines is 1. The van der Waals surface area contributed by atoms with Gasteiger partial charge in [0.15, 0.2) is 0 Å². The van der Waals surface area contributed by atoms with Gasteiger partial charge in [-0.25, -0.2) is 0 Å². The second kappa shape index (κ2) is 8.36. The molecule has 0 saturated heterocycles. The van der Waals surface area contributed by atoms with Gasteiger partial charge in [0, 0.05) is 25.8 Å². The van der Waals surface area contributed by atoms with Gasteiger partial charge >= 0.3 is 10.1 Å². The minimum atomic E-state index is -4.15. The molecule has 0 aliphatic heterocycles. The molecule has 1 heterocycles. The van der Waals surface area contributed by atoms with Crippen molar-refractivity contribution in [2.24, 2.45) is 0 Å². The Morgan fingerprint density at radius 3 is 2.21 bits per heavy atom. The van der Waals surface area contributed by atoms with Crippen LogP contribution in [0.15, 0.2) is 76.4 Å². The molecule has 0 bridgehead atoms. The quantitative estimate of drug-likeness (QED) is 0.624. The Bertz CT molecular complexity index is 1180. The van der Waals surface area contributed by atoms with Gasteiger partial charge in [-0.1, -0.05) is 36.4 Å². The number of hydrogen-bond acceptors (Lipinski definition) is 5. The van der Waals surface area contributed by atoms with Crippen molar-refractivity contribution in [1.29, 1.82) is 0 Å². The summed E-state index contributed by atoms with van der Waals surface area (Å²) in [4.78, 5) is 14.4. The normalized spacial score (nSPS) is 11.6. The predicted molar refractivity (Wildman–Crippen MR) is 115 cm³/mol. The van der Waals surface area contributed by atoms with Crippen LogP contribution in [0.2, 0.25) is 0 Å². The van der Waals surface area contributed by atoms with Crippen molar-refractivity contribution in [3.05, 3.63) is 93.9 Å². The molecule has 0 unspecified atom stereocenters. The largest absolute Gasteiger partial charge is 0.378 e. The summed E-state index contributed by atoms with van der Waals surface area (Å²) in [5.74, 6) is 0. The van der Waals surface area contributed by atoms with Crippen LogP contribution in [0.25, 0.3) is 12.2 Å². The highest BCUT2D eigenvalue weighted by Gasteiger charge is 2.18. The van der Waals surface area contributed by atoms with Crippen LogP contribution < -0.4 is 14.7 Å². The molecule has 0 atom stereocenters. The van der Waals surface area contributed by atoms with Gasteiger partial charge in [-0.05, 0) is 54.5 Å². The molecule has 3 rings (SSSR count). The Morgan fingerprint density at radius 1 is 0.931 bits per heavy atom. The molecule has 0 N–H and O–H groups in total. The Hall–Kier alpha value is -3.32. The average molecular weight is 410 g/mol. The summed E-state index contributed by atoms with van der Waals surface area (Å²) in [6, 6.07) is 18.5. The van der Waals surface area contributed by atoms with Crippen molar-refractivity contribution in [3.8, 4) is 0 Å². The first-order chi connectivity index (χ1) is 13.8. The lowest BCUT2D eigenvalue weighted by atomic mass is 10.1. The van der Waals surface area contributed by atoms with E-state index in [0.717, 1.165) is 16.0 Å². The number of aromatic nitrogens is 1. The van der Waals surface area contributed by atoms with E-state index in [9.17, 15) is 13.2 Å². The van der Waals surface area contributed by atoms with Crippen LogP contribution in [0.5, 0.6) is 0 Å². The highest BCUT2D eigenvalue weighted by molar-refractivity contribution is 7.87. The third-order valence-corrected chi connectivity index (χ3v) is 5.42. The van der Waals surface area contributed by atoms with E-state index in [-0.39, 0.29) is 4.90 Å². The zero-order valence-electron chi connectivity index (χ0n) is 16.4. The second-order valence-electron chi connectivity index (χ2n) is 6.75. The molecule has 150 valence electrons. The van der Waals surface area contributed by atoms with Crippen molar-refractivity contribution in [2.45, 2.75) is 11.8 Å². The van der Waals surface area contributed by atoms with Crippen molar-refractivity contribution >= 4 is 28.0 Å². The molecule has 6 nitrogen and oxygen atoms in total. The molecular formula is C22H22N2O4S. The predicted octanol–water partition coefficient (Wildman–Crippen LogP) is 3.21. The van der Waals surface area contributed by atoms with E-state index in [0.29, 0.717) is 11.3 Å². The van der Waals surface area contributed by atoms with Crippen LogP contribution in [0.4, 0.5) is 5.69 Å². The topological polar surface area (TPSA) is 68.6 Å². The fraction of sp³-hybridized carbons (Fsp3) is 0.136. The minimum absolute atomic E-state index is 0.0262. The number of pyridine rings is 1. The maximum Gasteiger partial charge on any atom is 0.357 e. The van der Waals surface area contributed by atoms with E-state index in [1.807, 2.05) is 43.3 Å². The summed E-state index contributed by atoms with van der Waals surface area (Å²) in [5, 5.41) is 0. The first-order valence-corrected chi connectivity index (χ1v) is 10.4. The van der Waals surface area contributed by atoms with Gasteiger partial charge in [0.25, 0.3) is 5.56 Å². The van der Waals surface area contributed by atoms with Gasteiger partial charge in [0.05, 0.1) is 5.69 Å². The Labute approximate surface area is 170 Å². The number of hydrogen-bond donors (Lipinski definition) is 0. The summed E-state index contributed by atoms with van der Waals surface area (Å²) in [6.45, 7) is 1.76. The number of nitrogens with zero attached hydrogens (tertiary/aromatic N) is 2. The highest BCUT2D eigenvalue weighted by atomic mass is 32.2. The maximum atomic E-state index is 12.6. The summed E-state index contributed by atoms with van der Waals surface area (Å²) in [7, 11) is -0.227. The van der Waals surface area contributed by atoms with Crippen molar-refractivity contribution in [1.82, 2.24) is 4.73 Å². The molecule has 0 aliphatic rings. The van der Waals surface area contributed by atoms with E-state index < -0.39 is 15.7 Å². The number of benzene rings is 2. The van der Waals surface area contributed by atoms with E-state index >= 15 is 0 Å². The lowest BCUT2D eigenvalue weighted by molar-refractivity contribution is 0.264. The number of aryl methyl sites for hydroxylation is 1. The second-order valence-corrected chi connectivity index (χ2v) is 8.28.